The van der Waals surface area contributed by atoms with E-state index in [1.165, 1.54) is 12.5 Å². The van der Waals surface area contributed by atoms with Gasteiger partial charge in [-0.15, -0.1) is 0 Å². The van der Waals surface area contributed by atoms with Gasteiger partial charge in [-0.1, -0.05) is 5.16 Å². The van der Waals surface area contributed by atoms with Gasteiger partial charge in [-0.25, -0.2) is 9.97 Å². The standard InChI is InChI=1S/C11H17N5O2/c1-16-4-2-8(3-5-16)18-11-9(10(12)15-17)6-13-7-14-11/h6-8,17H,2-5H2,1H3,(H2,12,15). The first-order valence-corrected chi connectivity index (χ1v) is 5.84. The average Bonchev–Trinajstić information content (AvgIpc) is 2.41. The first-order chi connectivity index (χ1) is 8.70. The van der Waals surface area contributed by atoms with Gasteiger partial charge in [0, 0.05) is 19.3 Å². The zero-order valence-electron chi connectivity index (χ0n) is 10.3. The van der Waals surface area contributed by atoms with Crippen molar-refractivity contribution < 1.29 is 9.94 Å². The molecular formula is C11H17N5O2. The molecule has 1 aliphatic rings. The third kappa shape index (κ3) is 2.86. The monoisotopic (exact) mass is 251 g/mol. The summed E-state index contributed by atoms with van der Waals surface area (Å²) in [5.74, 6) is 0.327. The van der Waals surface area contributed by atoms with Crippen LogP contribution in [0.3, 0.4) is 0 Å². The number of piperidine rings is 1. The largest absolute Gasteiger partial charge is 0.474 e. The van der Waals surface area contributed by atoms with Crippen LogP contribution in [0.15, 0.2) is 17.7 Å². The van der Waals surface area contributed by atoms with Crippen LogP contribution in [-0.2, 0) is 0 Å². The molecule has 0 spiro atoms. The minimum Gasteiger partial charge on any atom is -0.474 e. The molecule has 1 aliphatic heterocycles. The predicted molar refractivity (Wildman–Crippen MR) is 65.7 cm³/mol. The average molecular weight is 251 g/mol. The molecule has 0 radical (unpaired) electrons. The Morgan fingerprint density at radius 3 is 2.94 bits per heavy atom. The maximum Gasteiger partial charge on any atom is 0.228 e. The van der Waals surface area contributed by atoms with Crippen LogP contribution < -0.4 is 10.5 Å². The lowest BCUT2D eigenvalue weighted by Gasteiger charge is -2.29. The Morgan fingerprint density at radius 1 is 1.56 bits per heavy atom. The molecule has 98 valence electrons. The molecule has 0 aromatic carbocycles. The highest BCUT2D eigenvalue weighted by Gasteiger charge is 2.20. The van der Waals surface area contributed by atoms with Crippen molar-refractivity contribution in [3.63, 3.8) is 0 Å². The Morgan fingerprint density at radius 2 is 2.28 bits per heavy atom. The van der Waals surface area contributed by atoms with E-state index in [0.717, 1.165) is 25.9 Å². The summed E-state index contributed by atoms with van der Waals surface area (Å²) in [5.41, 5.74) is 5.97. The molecule has 1 aromatic rings. The van der Waals surface area contributed by atoms with Gasteiger partial charge >= 0.3 is 0 Å². The third-order valence-corrected chi connectivity index (χ3v) is 3.00. The number of oxime groups is 1. The van der Waals surface area contributed by atoms with Crippen molar-refractivity contribution in [2.24, 2.45) is 10.9 Å². The molecule has 7 heteroatoms. The molecule has 1 saturated heterocycles. The van der Waals surface area contributed by atoms with Gasteiger partial charge in [0.05, 0.1) is 0 Å². The summed E-state index contributed by atoms with van der Waals surface area (Å²) in [6.07, 6.45) is 4.86. The van der Waals surface area contributed by atoms with E-state index in [1.807, 2.05) is 0 Å². The molecule has 0 saturated carbocycles. The van der Waals surface area contributed by atoms with Crippen LogP contribution >= 0.6 is 0 Å². The van der Waals surface area contributed by atoms with E-state index < -0.39 is 0 Å². The highest BCUT2D eigenvalue weighted by molar-refractivity contribution is 5.98. The first kappa shape index (κ1) is 12.6. The molecule has 1 fully saturated rings. The maximum absolute atomic E-state index is 8.70. The summed E-state index contributed by atoms with van der Waals surface area (Å²) in [4.78, 5) is 10.1. The molecule has 1 aromatic heterocycles. The maximum atomic E-state index is 8.70. The summed E-state index contributed by atoms with van der Waals surface area (Å²) in [6, 6.07) is 0. The molecule has 3 N–H and O–H groups in total. The van der Waals surface area contributed by atoms with Gasteiger partial charge in [-0.3, -0.25) is 0 Å². The fraction of sp³-hybridized carbons (Fsp3) is 0.545. The molecule has 0 amide bonds. The summed E-state index contributed by atoms with van der Waals surface area (Å²) in [5, 5.41) is 11.6. The van der Waals surface area contributed by atoms with Crippen molar-refractivity contribution >= 4 is 5.84 Å². The number of rotatable bonds is 3. The van der Waals surface area contributed by atoms with Gasteiger partial charge in [0.25, 0.3) is 0 Å². The van der Waals surface area contributed by atoms with Crippen LogP contribution in [0.1, 0.15) is 18.4 Å². The highest BCUT2D eigenvalue weighted by Crippen LogP contribution is 2.19. The Balaban J connectivity index is 2.09. The van der Waals surface area contributed by atoms with Crippen molar-refractivity contribution in [1.82, 2.24) is 14.9 Å². The predicted octanol–water partition coefficient (Wildman–Crippen LogP) is 0.0441. The molecule has 0 aliphatic carbocycles. The molecular weight excluding hydrogens is 234 g/mol. The van der Waals surface area contributed by atoms with E-state index in [9.17, 15) is 0 Å². The van der Waals surface area contributed by atoms with Gasteiger partial charge in [0.1, 0.15) is 18.0 Å². The van der Waals surface area contributed by atoms with Crippen molar-refractivity contribution in [1.29, 1.82) is 0 Å². The molecule has 7 nitrogen and oxygen atoms in total. The van der Waals surface area contributed by atoms with Gasteiger partial charge in [-0.2, -0.15) is 0 Å². The normalized spacial score (nSPS) is 18.8. The Kier molecular flexibility index (Phi) is 3.93. The Hall–Kier alpha value is -1.89. The minimum atomic E-state index is -0.0430. The van der Waals surface area contributed by atoms with Gasteiger partial charge in [0.15, 0.2) is 5.84 Å². The topological polar surface area (TPSA) is 96.9 Å². The lowest BCUT2D eigenvalue weighted by molar-refractivity contribution is 0.109. The summed E-state index contributed by atoms with van der Waals surface area (Å²) in [6.45, 7) is 1.99. The Labute approximate surface area is 105 Å². The summed E-state index contributed by atoms with van der Waals surface area (Å²) >= 11 is 0. The van der Waals surface area contributed by atoms with Crippen LogP contribution in [0.2, 0.25) is 0 Å². The second-order valence-electron chi connectivity index (χ2n) is 4.35. The third-order valence-electron chi connectivity index (χ3n) is 3.00. The number of nitrogens with two attached hydrogens (primary N) is 1. The van der Waals surface area contributed by atoms with Crippen LogP contribution in [-0.4, -0.2) is 52.2 Å². The number of aromatic nitrogens is 2. The fourth-order valence-corrected chi connectivity index (χ4v) is 1.90. The SMILES string of the molecule is CN1CCC(Oc2ncncc2C(N)=NO)CC1. The quantitative estimate of drug-likeness (QED) is 0.341. The van der Waals surface area contributed by atoms with E-state index >= 15 is 0 Å². The first-order valence-electron chi connectivity index (χ1n) is 5.84. The highest BCUT2D eigenvalue weighted by atomic mass is 16.5. The second-order valence-corrected chi connectivity index (χ2v) is 4.35. The van der Waals surface area contributed by atoms with E-state index in [-0.39, 0.29) is 11.9 Å². The molecule has 0 unspecified atom stereocenters. The van der Waals surface area contributed by atoms with Gasteiger partial charge in [-0.05, 0) is 19.9 Å². The fourth-order valence-electron chi connectivity index (χ4n) is 1.90. The smallest absolute Gasteiger partial charge is 0.228 e. The van der Waals surface area contributed by atoms with Crippen molar-refractivity contribution in [3.8, 4) is 5.88 Å². The van der Waals surface area contributed by atoms with Crippen LogP contribution in [0.25, 0.3) is 0 Å². The number of hydrogen-bond acceptors (Lipinski definition) is 6. The number of ether oxygens (including phenoxy) is 1. The number of likely N-dealkylation sites (tertiary alicyclic amines) is 1. The molecule has 2 rings (SSSR count). The second kappa shape index (κ2) is 5.63. The van der Waals surface area contributed by atoms with Crippen LogP contribution in [0, 0.1) is 0 Å². The number of nitrogens with zero attached hydrogens (tertiary/aromatic N) is 4. The van der Waals surface area contributed by atoms with Crippen LogP contribution in [0.4, 0.5) is 0 Å². The van der Waals surface area contributed by atoms with E-state index in [1.54, 1.807) is 0 Å². The van der Waals surface area contributed by atoms with E-state index in [4.69, 9.17) is 15.7 Å². The zero-order valence-corrected chi connectivity index (χ0v) is 10.3. The Bertz CT molecular complexity index is 429. The number of amidine groups is 1. The summed E-state index contributed by atoms with van der Waals surface area (Å²) in [7, 11) is 2.09. The molecule has 0 atom stereocenters. The van der Waals surface area contributed by atoms with Crippen molar-refractivity contribution in [2.45, 2.75) is 18.9 Å². The molecule has 2 heterocycles. The van der Waals surface area contributed by atoms with Gasteiger partial charge < -0.3 is 20.6 Å². The van der Waals surface area contributed by atoms with Crippen molar-refractivity contribution in [3.05, 3.63) is 18.1 Å². The van der Waals surface area contributed by atoms with Gasteiger partial charge in [0.2, 0.25) is 5.88 Å². The van der Waals surface area contributed by atoms with Crippen LogP contribution in [0.5, 0.6) is 5.88 Å². The summed E-state index contributed by atoms with van der Waals surface area (Å²) < 4.78 is 5.81. The van der Waals surface area contributed by atoms with Crippen molar-refractivity contribution in [2.75, 3.05) is 20.1 Å². The van der Waals surface area contributed by atoms with E-state index in [0.29, 0.717) is 11.4 Å². The lowest BCUT2D eigenvalue weighted by Crippen LogP contribution is -2.36. The molecule has 0 bridgehead atoms. The molecule has 18 heavy (non-hydrogen) atoms. The lowest BCUT2D eigenvalue weighted by atomic mass is 10.1. The zero-order chi connectivity index (χ0) is 13.0. The van der Waals surface area contributed by atoms with E-state index in [2.05, 4.69) is 27.1 Å². The minimum absolute atomic E-state index is 0.0430. The number of hydrogen-bond donors (Lipinski definition) is 2.